The summed E-state index contributed by atoms with van der Waals surface area (Å²) in [4.78, 5) is 4.39. The van der Waals surface area contributed by atoms with Gasteiger partial charge in [-0.1, -0.05) is 45.0 Å². The van der Waals surface area contributed by atoms with Gasteiger partial charge in [-0.2, -0.15) is 0 Å². The first kappa shape index (κ1) is 21.7. The van der Waals surface area contributed by atoms with E-state index in [1.807, 2.05) is 14.0 Å². The van der Waals surface area contributed by atoms with Crippen molar-refractivity contribution in [2.45, 2.75) is 59.8 Å². The minimum atomic E-state index is 0.155. The summed E-state index contributed by atoms with van der Waals surface area (Å²) < 4.78 is 11.7. The Bertz CT molecular complexity index is 595. The molecule has 5 heteroatoms. The fourth-order valence-electron chi connectivity index (χ4n) is 3.72. The number of rotatable bonds is 7. The van der Waals surface area contributed by atoms with Crippen LogP contribution in [0, 0.1) is 11.3 Å². The maximum absolute atomic E-state index is 6.09. The molecule has 0 spiro atoms. The van der Waals surface area contributed by atoms with Crippen molar-refractivity contribution in [2.75, 3.05) is 26.8 Å². The molecule has 1 fully saturated rings. The van der Waals surface area contributed by atoms with Crippen LogP contribution >= 0.6 is 0 Å². The van der Waals surface area contributed by atoms with Gasteiger partial charge in [-0.25, -0.2) is 0 Å². The molecule has 5 nitrogen and oxygen atoms in total. The predicted molar refractivity (Wildman–Crippen MR) is 112 cm³/mol. The van der Waals surface area contributed by atoms with E-state index >= 15 is 0 Å². The van der Waals surface area contributed by atoms with Crippen molar-refractivity contribution in [3.05, 3.63) is 35.4 Å². The zero-order valence-corrected chi connectivity index (χ0v) is 17.7. The number of guanidine groups is 1. The van der Waals surface area contributed by atoms with Crippen LogP contribution in [0.5, 0.6) is 0 Å². The van der Waals surface area contributed by atoms with Crippen LogP contribution in [0.15, 0.2) is 29.3 Å². The molecular weight excluding hydrogens is 338 g/mol. The Hall–Kier alpha value is -1.59. The average Bonchev–Trinajstić information content (AvgIpc) is 2.66. The van der Waals surface area contributed by atoms with Gasteiger partial charge in [-0.15, -0.1) is 0 Å². The van der Waals surface area contributed by atoms with Gasteiger partial charge >= 0.3 is 0 Å². The number of nitrogens with one attached hydrogen (secondary N) is 2. The van der Waals surface area contributed by atoms with E-state index in [2.05, 4.69) is 60.7 Å². The van der Waals surface area contributed by atoms with Crippen LogP contribution in [0.2, 0.25) is 0 Å². The molecule has 2 rings (SSSR count). The maximum atomic E-state index is 6.09. The quantitative estimate of drug-likeness (QED) is 0.563. The second kappa shape index (κ2) is 10.7. The number of nitrogens with zero attached hydrogens (tertiary/aromatic N) is 1. The Balaban J connectivity index is 1.89. The Morgan fingerprint density at radius 1 is 1.22 bits per heavy atom. The van der Waals surface area contributed by atoms with E-state index < -0.39 is 0 Å². The molecule has 152 valence electrons. The van der Waals surface area contributed by atoms with Crippen LogP contribution in [0.25, 0.3) is 0 Å². The second-order valence-corrected chi connectivity index (χ2v) is 8.27. The average molecular weight is 376 g/mol. The topological polar surface area (TPSA) is 54.9 Å². The molecular formula is C22H37N3O2. The summed E-state index contributed by atoms with van der Waals surface area (Å²) in [5.41, 5.74) is 2.61. The van der Waals surface area contributed by atoms with Crippen LogP contribution in [-0.4, -0.2) is 38.9 Å². The first-order chi connectivity index (χ1) is 13.0. The molecule has 0 bridgehead atoms. The van der Waals surface area contributed by atoms with Crippen LogP contribution in [0.3, 0.4) is 0 Å². The highest BCUT2D eigenvalue weighted by Gasteiger charge is 2.35. The largest absolute Gasteiger partial charge is 0.377 e. The first-order valence-electron chi connectivity index (χ1n) is 10.2. The van der Waals surface area contributed by atoms with Crippen LogP contribution < -0.4 is 10.6 Å². The third kappa shape index (κ3) is 6.82. The maximum Gasteiger partial charge on any atom is 0.191 e. The summed E-state index contributed by atoms with van der Waals surface area (Å²) in [7, 11) is 1.82. The molecule has 2 unspecified atom stereocenters. The second-order valence-electron chi connectivity index (χ2n) is 8.27. The molecule has 1 saturated heterocycles. The smallest absolute Gasteiger partial charge is 0.191 e. The minimum Gasteiger partial charge on any atom is -0.377 e. The third-order valence-electron chi connectivity index (χ3n) is 5.08. The first-order valence-corrected chi connectivity index (χ1v) is 10.2. The molecule has 1 aliphatic heterocycles. The van der Waals surface area contributed by atoms with E-state index in [9.17, 15) is 0 Å². The van der Waals surface area contributed by atoms with E-state index in [-0.39, 0.29) is 11.5 Å². The van der Waals surface area contributed by atoms with Crippen molar-refractivity contribution >= 4 is 5.96 Å². The van der Waals surface area contributed by atoms with E-state index in [4.69, 9.17) is 9.47 Å². The van der Waals surface area contributed by atoms with Crippen LogP contribution in [0.4, 0.5) is 0 Å². The molecule has 1 aliphatic rings. The van der Waals surface area contributed by atoms with E-state index in [0.717, 1.165) is 38.7 Å². The Labute approximate surface area is 164 Å². The zero-order valence-electron chi connectivity index (χ0n) is 17.7. The molecule has 0 saturated carbocycles. The minimum absolute atomic E-state index is 0.155. The number of aliphatic imine (C=N–C) groups is 1. The normalized spacial score (nSPS) is 21.1. The van der Waals surface area contributed by atoms with E-state index in [0.29, 0.717) is 12.5 Å². The standard InChI is InChI=1S/C22H37N3O2/c1-6-26-16-19-11-8-7-10-17(19)14-24-21(23-5)25-15-18-12-9-13-27-20(18)22(2,3)4/h7-8,10-11,18,20H,6,9,12-16H2,1-5H3,(H2,23,24,25). The summed E-state index contributed by atoms with van der Waals surface area (Å²) in [5.74, 6) is 1.34. The molecule has 1 aromatic rings. The number of hydrogen-bond donors (Lipinski definition) is 2. The molecule has 2 atom stereocenters. The van der Waals surface area contributed by atoms with Crippen molar-refractivity contribution in [1.82, 2.24) is 10.6 Å². The van der Waals surface area contributed by atoms with Crippen LogP contribution in [0.1, 0.15) is 51.7 Å². The lowest BCUT2D eigenvalue weighted by Gasteiger charge is -2.40. The van der Waals surface area contributed by atoms with Gasteiger partial charge in [-0.05, 0) is 36.3 Å². The highest BCUT2D eigenvalue weighted by molar-refractivity contribution is 5.79. The number of hydrogen-bond acceptors (Lipinski definition) is 3. The van der Waals surface area contributed by atoms with Crippen molar-refractivity contribution in [2.24, 2.45) is 16.3 Å². The lowest BCUT2D eigenvalue weighted by Crippen LogP contribution is -2.47. The molecule has 27 heavy (non-hydrogen) atoms. The van der Waals surface area contributed by atoms with Crippen molar-refractivity contribution in [3.8, 4) is 0 Å². The Kier molecular flexibility index (Phi) is 8.58. The summed E-state index contributed by atoms with van der Waals surface area (Å²) >= 11 is 0. The number of ether oxygens (including phenoxy) is 2. The molecule has 0 amide bonds. The molecule has 0 aromatic heterocycles. The van der Waals surface area contributed by atoms with Gasteiger partial charge in [0.1, 0.15) is 0 Å². The Morgan fingerprint density at radius 2 is 1.96 bits per heavy atom. The SMILES string of the molecule is CCOCc1ccccc1CNC(=NC)NCC1CCCOC1C(C)(C)C. The third-order valence-corrected chi connectivity index (χ3v) is 5.08. The fourth-order valence-corrected chi connectivity index (χ4v) is 3.72. The van der Waals surface area contributed by atoms with Gasteiger partial charge in [0.05, 0.1) is 12.7 Å². The highest BCUT2D eigenvalue weighted by Crippen LogP contribution is 2.33. The molecule has 1 heterocycles. The van der Waals surface area contributed by atoms with Crippen molar-refractivity contribution in [1.29, 1.82) is 0 Å². The summed E-state index contributed by atoms with van der Waals surface area (Å²) in [6, 6.07) is 8.38. The zero-order chi connectivity index (χ0) is 19.7. The summed E-state index contributed by atoms with van der Waals surface area (Å²) in [6.07, 6.45) is 2.61. The Morgan fingerprint density at radius 3 is 2.63 bits per heavy atom. The monoisotopic (exact) mass is 375 g/mol. The highest BCUT2D eigenvalue weighted by atomic mass is 16.5. The van der Waals surface area contributed by atoms with Gasteiger partial charge < -0.3 is 20.1 Å². The van der Waals surface area contributed by atoms with Crippen molar-refractivity contribution in [3.63, 3.8) is 0 Å². The fraction of sp³-hybridized carbons (Fsp3) is 0.682. The van der Waals surface area contributed by atoms with Gasteiger partial charge in [0.2, 0.25) is 0 Å². The van der Waals surface area contributed by atoms with Gasteiger partial charge in [-0.3, -0.25) is 4.99 Å². The molecule has 1 aromatic carbocycles. The molecule has 0 aliphatic carbocycles. The lowest BCUT2D eigenvalue weighted by molar-refractivity contribution is -0.0835. The van der Waals surface area contributed by atoms with Gasteiger partial charge in [0, 0.05) is 39.3 Å². The van der Waals surface area contributed by atoms with Gasteiger partial charge in [0.25, 0.3) is 0 Å². The van der Waals surface area contributed by atoms with Crippen LogP contribution in [-0.2, 0) is 22.6 Å². The number of benzene rings is 1. The summed E-state index contributed by atoms with van der Waals surface area (Å²) in [5, 5.41) is 6.94. The molecule has 2 N–H and O–H groups in total. The van der Waals surface area contributed by atoms with Crippen molar-refractivity contribution < 1.29 is 9.47 Å². The van der Waals surface area contributed by atoms with E-state index in [1.165, 1.54) is 17.5 Å². The van der Waals surface area contributed by atoms with E-state index in [1.54, 1.807) is 0 Å². The van der Waals surface area contributed by atoms with Gasteiger partial charge in [0.15, 0.2) is 5.96 Å². The molecule has 0 radical (unpaired) electrons. The predicted octanol–water partition coefficient (Wildman–Crippen LogP) is 3.73. The lowest BCUT2D eigenvalue weighted by atomic mass is 9.78. The summed E-state index contributed by atoms with van der Waals surface area (Å²) in [6.45, 7) is 12.7.